The van der Waals surface area contributed by atoms with Crippen molar-refractivity contribution in [2.45, 2.75) is 0 Å². The van der Waals surface area contributed by atoms with Crippen LogP contribution in [0, 0.1) is 5.92 Å². The quantitative estimate of drug-likeness (QED) is 0.864. The lowest BCUT2D eigenvalue weighted by atomic mass is 10.1. The Kier molecular flexibility index (Phi) is 3.54. The molecule has 0 aliphatic carbocycles. The largest absolute Gasteiger partial charge is 0.315 e. The van der Waals surface area contributed by atoms with Gasteiger partial charge in [0, 0.05) is 29.9 Å². The van der Waals surface area contributed by atoms with Crippen molar-refractivity contribution in [3.63, 3.8) is 0 Å². The number of thiazole rings is 1. The Bertz CT molecular complexity index is 740. The van der Waals surface area contributed by atoms with E-state index in [9.17, 15) is 13.2 Å². The molecule has 1 aromatic heterocycles. The Morgan fingerprint density at radius 3 is 2.48 bits per heavy atom. The molecule has 7 heteroatoms. The van der Waals surface area contributed by atoms with E-state index in [-0.39, 0.29) is 17.4 Å². The molecule has 0 bridgehead atoms. The first kappa shape index (κ1) is 14.2. The van der Waals surface area contributed by atoms with Gasteiger partial charge in [-0.3, -0.25) is 4.79 Å². The van der Waals surface area contributed by atoms with E-state index in [1.54, 1.807) is 24.6 Å². The smallest absolute Gasteiger partial charge is 0.231 e. The number of carbonyl (C=O) groups excluding carboxylic acids is 1. The van der Waals surface area contributed by atoms with Crippen LogP contribution in [-0.2, 0) is 14.6 Å². The number of aromatic nitrogens is 1. The predicted octanol–water partition coefficient (Wildman–Crippen LogP) is 1.82. The first-order chi connectivity index (χ1) is 9.96. The molecule has 1 aliphatic heterocycles. The summed E-state index contributed by atoms with van der Waals surface area (Å²) in [4.78, 5) is 17.9. The molecule has 0 radical (unpaired) electrons. The lowest BCUT2D eigenvalue weighted by Crippen LogP contribution is -2.47. The van der Waals surface area contributed by atoms with E-state index in [2.05, 4.69) is 4.98 Å². The first-order valence-electron chi connectivity index (χ1n) is 6.44. The highest BCUT2D eigenvalue weighted by atomic mass is 32.2. The Morgan fingerprint density at radius 2 is 1.95 bits per heavy atom. The van der Waals surface area contributed by atoms with Crippen LogP contribution in [0.3, 0.4) is 0 Å². The molecule has 1 saturated heterocycles. The van der Waals surface area contributed by atoms with Gasteiger partial charge < -0.3 is 4.90 Å². The zero-order valence-corrected chi connectivity index (χ0v) is 13.0. The first-order valence-corrected chi connectivity index (χ1v) is 9.14. The van der Waals surface area contributed by atoms with Gasteiger partial charge in [-0.1, -0.05) is 0 Å². The lowest BCUT2D eigenvalue weighted by Gasteiger charge is -2.29. The summed E-state index contributed by atoms with van der Waals surface area (Å²) in [5.74, 6) is -0.619. The Hall–Kier alpha value is -1.73. The standard InChI is InChI=1S/C14H14N2O3S2/c1-16(14(17)11-8-21(18,19)9-11)12-4-2-10(3-5-12)13-15-6-7-20-13/h2-7,11H,8-9H2,1H3. The van der Waals surface area contributed by atoms with E-state index in [1.807, 2.05) is 29.6 Å². The number of carbonyl (C=O) groups is 1. The van der Waals surface area contributed by atoms with Gasteiger partial charge in [-0.25, -0.2) is 13.4 Å². The predicted molar refractivity (Wildman–Crippen MR) is 83.1 cm³/mol. The van der Waals surface area contributed by atoms with Crippen LogP contribution in [0.25, 0.3) is 10.6 Å². The summed E-state index contributed by atoms with van der Waals surface area (Å²) >= 11 is 1.56. The molecule has 0 saturated carbocycles. The third-order valence-corrected chi connectivity index (χ3v) is 6.17. The van der Waals surface area contributed by atoms with Crippen LogP contribution < -0.4 is 4.90 Å². The molecular formula is C14H14N2O3S2. The number of hydrogen-bond donors (Lipinski definition) is 0. The SMILES string of the molecule is CN(C(=O)C1CS(=O)(=O)C1)c1ccc(-c2nccs2)cc1. The maximum absolute atomic E-state index is 12.2. The molecule has 0 atom stereocenters. The van der Waals surface area contributed by atoms with E-state index in [0.29, 0.717) is 0 Å². The number of benzene rings is 1. The summed E-state index contributed by atoms with van der Waals surface area (Å²) in [6, 6.07) is 7.52. The third-order valence-electron chi connectivity index (χ3n) is 3.52. The Morgan fingerprint density at radius 1 is 1.29 bits per heavy atom. The van der Waals surface area contributed by atoms with Gasteiger partial charge in [0.25, 0.3) is 0 Å². The van der Waals surface area contributed by atoms with Crippen molar-refractivity contribution in [2.75, 3.05) is 23.5 Å². The van der Waals surface area contributed by atoms with Crippen molar-refractivity contribution in [1.29, 1.82) is 0 Å². The van der Waals surface area contributed by atoms with Gasteiger partial charge in [0.05, 0.1) is 17.4 Å². The molecule has 0 unspecified atom stereocenters. The summed E-state index contributed by atoms with van der Waals surface area (Å²) in [6.07, 6.45) is 1.75. The fourth-order valence-corrected chi connectivity index (χ4v) is 4.36. The van der Waals surface area contributed by atoms with Gasteiger partial charge in [-0.2, -0.15) is 0 Å². The number of sulfone groups is 1. The number of anilines is 1. The maximum Gasteiger partial charge on any atom is 0.231 e. The van der Waals surface area contributed by atoms with Crippen LogP contribution in [-0.4, -0.2) is 37.9 Å². The summed E-state index contributed by atoms with van der Waals surface area (Å²) in [5.41, 5.74) is 1.76. The summed E-state index contributed by atoms with van der Waals surface area (Å²) in [5, 5.41) is 2.84. The van der Waals surface area contributed by atoms with E-state index in [4.69, 9.17) is 0 Å². The zero-order valence-electron chi connectivity index (χ0n) is 11.4. The summed E-state index contributed by atoms with van der Waals surface area (Å²) in [6.45, 7) is 0. The number of hydrogen-bond acceptors (Lipinski definition) is 5. The summed E-state index contributed by atoms with van der Waals surface area (Å²) in [7, 11) is -1.31. The average Bonchev–Trinajstić information content (AvgIpc) is 2.97. The minimum atomic E-state index is -2.98. The molecule has 1 amide bonds. The van der Waals surface area contributed by atoms with Crippen LogP contribution in [0.15, 0.2) is 35.8 Å². The van der Waals surface area contributed by atoms with Gasteiger partial charge >= 0.3 is 0 Å². The fourth-order valence-electron chi connectivity index (χ4n) is 2.30. The Labute approximate surface area is 127 Å². The van der Waals surface area contributed by atoms with Crippen molar-refractivity contribution in [3.8, 4) is 10.6 Å². The van der Waals surface area contributed by atoms with Crippen LogP contribution in [0.4, 0.5) is 5.69 Å². The van der Waals surface area contributed by atoms with Crippen molar-refractivity contribution < 1.29 is 13.2 Å². The third kappa shape index (κ3) is 2.84. The van der Waals surface area contributed by atoms with Crippen molar-refractivity contribution >= 4 is 32.8 Å². The lowest BCUT2D eigenvalue weighted by molar-refractivity contribution is -0.121. The average molecular weight is 322 g/mol. The molecule has 2 aromatic rings. The number of nitrogens with zero attached hydrogens (tertiary/aromatic N) is 2. The molecule has 110 valence electrons. The molecule has 2 heterocycles. The molecule has 0 spiro atoms. The highest BCUT2D eigenvalue weighted by Crippen LogP contribution is 2.26. The molecule has 3 rings (SSSR count). The summed E-state index contributed by atoms with van der Waals surface area (Å²) < 4.78 is 22.3. The van der Waals surface area contributed by atoms with Gasteiger partial charge in [-0.05, 0) is 24.3 Å². The minimum Gasteiger partial charge on any atom is -0.315 e. The topological polar surface area (TPSA) is 67.3 Å². The van der Waals surface area contributed by atoms with E-state index >= 15 is 0 Å². The second-order valence-electron chi connectivity index (χ2n) is 5.06. The van der Waals surface area contributed by atoms with Crippen LogP contribution in [0.1, 0.15) is 0 Å². The second kappa shape index (κ2) is 5.23. The van der Waals surface area contributed by atoms with E-state index < -0.39 is 15.8 Å². The minimum absolute atomic E-state index is 0.0344. The molecule has 0 N–H and O–H groups in total. The zero-order chi connectivity index (χ0) is 15.0. The maximum atomic E-state index is 12.2. The molecule has 1 aliphatic rings. The highest BCUT2D eigenvalue weighted by Gasteiger charge is 2.40. The number of rotatable bonds is 3. The van der Waals surface area contributed by atoms with Gasteiger partial charge in [-0.15, -0.1) is 11.3 Å². The van der Waals surface area contributed by atoms with Crippen molar-refractivity contribution in [2.24, 2.45) is 5.92 Å². The molecule has 5 nitrogen and oxygen atoms in total. The fraction of sp³-hybridized carbons (Fsp3) is 0.286. The van der Waals surface area contributed by atoms with Crippen molar-refractivity contribution in [3.05, 3.63) is 35.8 Å². The Balaban J connectivity index is 1.73. The highest BCUT2D eigenvalue weighted by molar-refractivity contribution is 7.92. The van der Waals surface area contributed by atoms with Gasteiger partial charge in [0.15, 0.2) is 9.84 Å². The van der Waals surface area contributed by atoms with Gasteiger partial charge in [0.1, 0.15) is 5.01 Å². The normalized spacial score (nSPS) is 17.2. The van der Waals surface area contributed by atoms with E-state index in [1.165, 1.54) is 4.90 Å². The molecule has 21 heavy (non-hydrogen) atoms. The van der Waals surface area contributed by atoms with Crippen molar-refractivity contribution in [1.82, 2.24) is 4.98 Å². The second-order valence-corrected chi connectivity index (χ2v) is 8.10. The van der Waals surface area contributed by atoms with Gasteiger partial charge in [0.2, 0.25) is 5.91 Å². The van der Waals surface area contributed by atoms with Crippen LogP contribution >= 0.6 is 11.3 Å². The van der Waals surface area contributed by atoms with E-state index in [0.717, 1.165) is 16.3 Å². The number of amides is 1. The van der Waals surface area contributed by atoms with Crippen LogP contribution in [0.5, 0.6) is 0 Å². The molecule has 1 fully saturated rings. The molecular weight excluding hydrogens is 308 g/mol. The molecule has 1 aromatic carbocycles. The monoisotopic (exact) mass is 322 g/mol. The van der Waals surface area contributed by atoms with Crippen LogP contribution in [0.2, 0.25) is 0 Å².